The predicted octanol–water partition coefficient (Wildman–Crippen LogP) is 3.94. The van der Waals surface area contributed by atoms with E-state index in [1.165, 1.54) is 0 Å². The maximum atomic E-state index is 9.85. The van der Waals surface area contributed by atoms with Gasteiger partial charge in [-0.2, -0.15) is 0 Å². The third-order valence-corrected chi connectivity index (χ3v) is 3.18. The third-order valence-electron chi connectivity index (χ3n) is 1.96. The van der Waals surface area contributed by atoms with Crippen LogP contribution < -0.4 is 0 Å². The van der Waals surface area contributed by atoms with Crippen LogP contribution in [0.3, 0.4) is 0 Å². The molecule has 0 amide bonds. The highest BCUT2D eigenvalue weighted by molar-refractivity contribution is 14.1. The molecule has 0 aromatic heterocycles. The smallest absolute Gasteiger partial charge is 0.0803 e. The monoisotopic (exact) mass is 322 g/mol. The van der Waals surface area contributed by atoms with Crippen molar-refractivity contribution in [1.82, 2.24) is 0 Å². The molecule has 76 valence electrons. The largest absolute Gasteiger partial charge is 0.388 e. The zero-order valence-corrected chi connectivity index (χ0v) is 10.6. The number of aliphatic hydroxyl groups is 1. The molecule has 1 unspecified atom stereocenters. The highest BCUT2D eigenvalue weighted by atomic mass is 127. The van der Waals surface area contributed by atoms with Gasteiger partial charge in [-0.25, -0.2) is 0 Å². The minimum absolute atomic E-state index is 0.446. The number of allylic oxidation sites excluding steroid dienone is 1. The molecule has 0 radical (unpaired) electrons. The molecule has 0 saturated heterocycles. The molecule has 0 fully saturated rings. The van der Waals surface area contributed by atoms with Crippen molar-refractivity contribution in [1.29, 1.82) is 0 Å². The Balaban J connectivity index is 2.82. The summed E-state index contributed by atoms with van der Waals surface area (Å²) in [6, 6.07) is 5.56. The van der Waals surface area contributed by atoms with E-state index in [2.05, 4.69) is 29.2 Å². The maximum Gasteiger partial charge on any atom is 0.0803 e. The molecule has 1 N–H and O–H groups in total. The normalized spacial score (nSPS) is 12.5. The van der Waals surface area contributed by atoms with Gasteiger partial charge in [-0.1, -0.05) is 17.7 Å². The van der Waals surface area contributed by atoms with Crippen molar-refractivity contribution in [2.24, 2.45) is 0 Å². The molecule has 0 aliphatic rings. The van der Waals surface area contributed by atoms with E-state index in [-0.39, 0.29) is 0 Å². The number of hydrogen-bond acceptors (Lipinski definition) is 1. The van der Waals surface area contributed by atoms with Crippen LogP contribution in [0.15, 0.2) is 30.9 Å². The first-order valence-corrected chi connectivity index (χ1v) is 5.84. The van der Waals surface area contributed by atoms with E-state index in [9.17, 15) is 5.11 Å². The van der Waals surface area contributed by atoms with Crippen LogP contribution >= 0.6 is 34.2 Å². The lowest BCUT2D eigenvalue weighted by Crippen LogP contribution is -1.99. The second-order valence-electron chi connectivity index (χ2n) is 3.05. The van der Waals surface area contributed by atoms with Gasteiger partial charge in [0.1, 0.15) is 0 Å². The van der Waals surface area contributed by atoms with Gasteiger partial charge in [0.2, 0.25) is 0 Å². The molecule has 0 aliphatic carbocycles. The molecule has 3 heteroatoms. The van der Waals surface area contributed by atoms with Gasteiger partial charge in [-0.15, -0.1) is 6.58 Å². The van der Waals surface area contributed by atoms with Crippen LogP contribution in [-0.4, -0.2) is 5.11 Å². The molecule has 0 saturated carbocycles. The van der Waals surface area contributed by atoms with Crippen molar-refractivity contribution in [3.63, 3.8) is 0 Å². The second kappa shape index (κ2) is 5.73. The predicted molar refractivity (Wildman–Crippen MR) is 68.6 cm³/mol. The Kier molecular flexibility index (Phi) is 4.92. The molecule has 1 rings (SSSR count). The topological polar surface area (TPSA) is 20.2 Å². The zero-order valence-electron chi connectivity index (χ0n) is 7.71. The molecule has 1 atom stereocenters. The van der Waals surface area contributed by atoms with Crippen LogP contribution in [0.2, 0.25) is 5.02 Å². The summed E-state index contributed by atoms with van der Waals surface area (Å²) in [5.74, 6) is 0. The van der Waals surface area contributed by atoms with E-state index in [0.29, 0.717) is 11.4 Å². The van der Waals surface area contributed by atoms with Crippen LogP contribution in [-0.2, 0) is 0 Å². The fourth-order valence-corrected chi connectivity index (χ4v) is 2.08. The number of halogens is 2. The summed E-state index contributed by atoms with van der Waals surface area (Å²) >= 11 is 8.06. The van der Waals surface area contributed by atoms with Crippen molar-refractivity contribution < 1.29 is 5.11 Å². The van der Waals surface area contributed by atoms with Gasteiger partial charge in [0.05, 0.1) is 6.10 Å². The maximum absolute atomic E-state index is 9.85. The van der Waals surface area contributed by atoms with Gasteiger partial charge in [0.15, 0.2) is 0 Å². The molecule has 1 nitrogen and oxygen atoms in total. The van der Waals surface area contributed by atoms with E-state index in [1.807, 2.05) is 18.2 Å². The molecule has 0 spiro atoms. The van der Waals surface area contributed by atoms with Gasteiger partial charge >= 0.3 is 0 Å². The van der Waals surface area contributed by atoms with Crippen molar-refractivity contribution in [3.05, 3.63) is 45.0 Å². The summed E-state index contributed by atoms with van der Waals surface area (Å²) in [4.78, 5) is 0. The zero-order chi connectivity index (χ0) is 10.6. The molecule has 14 heavy (non-hydrogen) atoms. The first-order valence-electron chi connectivity index (χ1n) is 4.39. The van der Waals surface area contributed by atoms with Gasteiger partial charge in [-0.05, 0) is 59.2 Å². The van der Waals surface area contributed by atoms with Crippen molar-refractivity contribution in [3.8, 4) is 0 Å². The van der Waals surface area contributed by atoms with Gasteiger partial charge in [0, 0.05) is 8.59 Å². The highest BCUT2D eigenvalue weighted by Crippen LogP contribution is 2.26. The second-order valence-corrected chi connectivity index (χ2v) is 4.65. The molecular weight excluding hydrogens is 310 g/mol. The molecule has 0 bridgehead atoms. The first-order chi connectivity index (χ1) is 6.65. The summed E-state index contributed by atoms with van der Waals surface area (Å²) in [7, 11) is 0. The minimum atomic E-state index is -0.446. The van der Waals surface area contributed by atoms with Gasteiger partial charge in [0.25, 0.3) is 0 Å². The first kappa shape index (κ1) is 12.0. The Bertz CT molecular complexity index is 325. The molecule has 0 heterocycles. The van der Waals surface area contributed by atoms with Crippen molar-refractivity contribution in [2.45, 2.75) is 18.9 Å². The summed E-state index contributed by atoms with van der Waals surface area (Å²) < 4.78 is 1.04. The number of hydrogen-bond donors (Lipinski definition) is 1. The van der Waals surface area contributed by atoms with Crippen molar-refractivity contribution in [2.75, 3.05) is 0 Å². The molecule has 1 aromatic carbocycles. The minimum Gasteiger partial charge on any atom is -0.388 e. The van der Waals surface area contributed by atoms with Crippen LogP contribution in [0.5, 0.6) is 0 Å². The lowest BCUT2D eigenvalue weighted by Gasteiger charge is -2.12. The average molecular weight is 323 g/mol. The molecular formula is C11H12ClIO. The number of aliphatic hydroxyl groups excluding tert-OH is 1. The Hall–Kier alpha value is -0.0600. The van der Waals surface area contributed by atoms with Gasteiger partial charge in [-0.3, -0.25) is 0 Å². The highest BCUT2D eigenvalue weighted by Gasteiger charge is 2.10. The van der Waals surface area contributed by atoms with Crippen LogP contribution in [0.1, 0.15) is 24.5 Å². The number of benzene rings is 1. The van der Waals surface area contributed by atoms with Crippen LogP contribution in [0.4, 0.5) is 0 Å². The lowest BCUT2D eigenvalue weighted by atomic mass is 10.1. The van der Waals surface area contributed by atoms with Crippen LogP contribution in [0, 0.1) is 3.57 Å². The Morgan fingerprint density at radius 2 is 2.29 bits per heavy atom. The summed E-state index contributed by atoms with van der Waals surface area (Å²) in [6.45, 7) is 3.63. The van der Waals surface area contributed by atoms with Gasteiger partial charge < -0.3 is 5.11 Å². The fraction of sp³-hybridized carbons (Fsp3) is 0.273. The van der Waals surface area contributed by atoms with Crippen LogP contribution in [0.25, 0.3) is 0 Å². The van der Waals surface area contributed by atoms with E-state index in [0.717, 1.165) is 15.6 Å². The van der Waals surface area contributed by atoms with E-state index in [1.54, 1.807) is 6.08 Å². The standard InChI is InChI=1S/C11H12ClIO/c1-2-3-4-11(14)9-7-8(12)5-6-10(9)13/h2,5-7,11,14H,1,3-4H2. The summed E-state index contributed by atoms with van der Waals surface area (Å²) in [5.41, 5.74) is 0.903. The quantitative estimate of drug-likeness (QED) is 0.657. The summed E-state index contributed by atoms with van der Waals surface area (Å²) in [5, 5.41) is 10.5. The number of rotatable bonds is 4. The molecule has 0 aliphatic heterocycles. The lowest BCUT2D eigenvalue weighted by molar-refractivity contribution is 0.168. The Morgan fingerprint density at radius 1 is 1.57 bits per heavy atom. The Morgan fingerprint density at radius 3 is 2.93 bits per heavy atom. The van der Waals surface area contributed by atoms with E-state index in [4.69, 9.17) is 11.6 Å². The fourth-order valence-electron chi connectivity index (χ4n) is 1.20. The van der Waals surface area contributed by atoms with E-state index >= 15 is 0 Å². The van der Waals surface area contributed by atoms with Crippen molar-refractivity contribution >= 4 is 34.2 Å². The van der Waals surface area contributed by atoms with E-state index < -0.39 is 6.10 Å². The third kappa shape index (κ3) is 3.26. The average Bonchev–Trinajstić information content (AvgIpc) is 2.18. The Labute approximate surface area is 103 Å². The SMILES string of the molecule is C=CCCC(O)c1cc(Cl)ccc1I. The summed E-state index contributed by atoms with van der Waals surface area (Å²) in [6.07, 6.45) is 2.86. The molecule has 1 aromatic rings.